The normalized spacial score (nSPS) is 10.2. The maximum absolute atomic E-state index is 12.9. The zero-order valence-corrected chi connectivity index (χ0v) is 8.86. The lowest BCUT2D eigenvalue weighted by Crippen LogP contribution is -1.96. The van der Waals surface area contributed by atoms with Crippen LogP contribution in [0.15, 0.2) is 42.5 Å². The van der Waals surface area contributed by atoms with Crippen LogP contribution < -0.4 is 4.74 Å². The molecule has 0 atom stereocenters. The SMILES string of the molecule is Oc1cc(F)cc(OCc2cccc(F)c2)c1. The first-order valence-electron chi connectivity index (χ1n) is 5.00. The second kappa shape index (κ2) is 4.82. The highest BCUT2D eigenvalue weighted by Gasteiger charge is 2.02. The molecule has 0 fully saturated rings. The van der Waals surface area contributed by atoms with Gasteiger partial charge in [-0.15, -0.1) is 0 Å². The van der Waals surface area contributed by atoms with E-state index in [4.69, 9.17) is 9.84 Å². The molecule has 2 rings (SSSR count). The zero-order chi connectivity index (χ0) is 12.3. The highest BCUT2D eigenvalue weighted by Crippen LogP contribution is 2.21. The predicted octanol–water partition coefficient (Wildman–Crippen LogP) is 3.25. The Kier molecular flexibility index (Phi) is 3.23. The molecule has 88 valence electrons. The van der Waals surface area contributed by atoms with Gasteiger partial charge in [-0.05, 0) is 17.7 Å². The number of halogens is 2. The molecule has 1 N–H and O–H groups in total. The van der Waals surface area contributed by atoms with Crippen molar-refractivity contribution in [3.63, 3.8) is 0 Å². The molecule has 0 aliphatic heterocycles. The minimum atomic E-state index is -0.584. The summed E-state index contributed by atoms with van der Waals surface area (Å²) in [7, 11) is 0. The topological polar surface area (TPSA) is 29.5 Å². The average Bonchev–Trinajstić information content (AvgIpc) is 2.25. The van der Waals surface area contributed by atoms with Crippen molar-refractivity contribution in [2.45, 2.75) is 6.61 Å². The van der Waals surface area contributed by atoms with Gasteiger partial charge in [0.15, 0.2) is 0 Å². The van der Waals surface area contributed by atoms with E-state index in [0.29, 0.717) is 5.56 Å². The Bertz CT molecular complexity index is 506. The fourth-order valence-electron chi connectivity index (χ4n) is 1.42. The van der Waals surface area contributed by atoms with Gasteiger partial charge in [-0.1, -0.05) is 12.1 Å². The second-order valence-electron chi connectivity index (χ2n) is 3.56. The summed E-state index contributed by atoms with van der Waals surface area (Å²) in [6.45, 7) is 0.112. The molecule has 0 spiro atoms. The van der Waals surface area contributed by atoms with Crippen LogP contribution in [0.3, 0.4) is 0 Å². The van der Waals surface area contributed by atoms with Gasteiger partial charge in [0.1, 0.15) is 29.7 Å². The molecule has 17 heavy (non-hydrogen) atoms. The Labute approximate surface area is 97.1 Å². The van der Waals surface area contributed by atoms with Gasteiger partial charge < -0.3 is 9.84 Å². The molecule has 0 saturated heterocycles. The van der Waals surface area contributed by atoms with Crippen LogP contribution in [0.4, 0.5) is 8.78 Å². The maximum atomic E-state index is 12.9. The molecular formula is C13H10F2O2. The van der Waals surface area contributed by atoms with Gasteiger partial charge in [-0.3, -0.25) is 0 Å². The third kappa shape index (κ3) is 3.17. The van der Waals surface area contributed by atoms with Crippen molar-refractivity contribution < 1.29 is 18.6 Å². The molecule has 0 amide bonds. The molecular weight excluding hydrogens is 226 g/mol. The number of phenols is 1. The van der Waals surface area contributed by atoms with E-state index in [-0.39, 0.29) is 23.9 Å². The van der Waals surface area contributed by atoms with Crippen LogP contribution in [0.25, 0.3) is 0 Å². The smallest absolute Gasteiger partial charge is 0.130 e. The van der Waals surface area contributed by atoms with E-state index in [9.17, 15) is 8.78 Å². The van der Waals surface area contributed by atoms with Crippen molar-refractivity contribution in [3.8, 4) is 11.5 Å². The molecule has 0 saturated carbocycles. The Balaban J connectivity index is 2.07. The van der Waals surface area contributed by atoms with Crippen LogP contribution in [0, 0.1) is 11.6 Å². The standard InChI is InChI=1S/C13H10F2O2/c14-10-3-1-2-9(4-10)8-17-13-6-11(15)5-12(16)7-13/h1-7,16H,8H2. The summed E-state index contributed by atoms with van der Waals surface area (Å²) < 4.78 is 31.0. The van der Waals surface area contributed by atoms with E-state index >= 15 is 0 Å². The fourth-order valence-corrected chi connectivity index (χ4v) is 1.42. The van der Waals surface area contributed by atoms with E-state index in [2.05, 4.69) is 0 Å². The van der Waals surface area contributed by atoms with Crippen LogP contribution >= 0.6 is 0 Å². The lowest BCUT2D eigenvalue weighted by Gasteiger charge is -2.07. The van der Waals surface area contributed by atoms with Crippen LogP contribution in [0.2, 0.25) is 0 Å². The average molecular weight is 236 g/mol. The molecule has 0 aromatic heterocycles. The summed E-state index contributed by atoms with van der Waals surface area (Å²) in [6.07, 6.45) is 0. The molecule has 0 radical (unpaired) electrons. The van der Waals surface area contributed by atoms with Crippen molar-refractivity contribution in [2.75, 3.05) is 0 Å². The number of ether oxygens (including phenoxy) is 1. The number of rotatable bonds is 3. The summed E-state index contributed by atoms with van der Waals surface area (Å²) >= 11 is 0. The van der Waals surface area contributed by atoms with Gasteiger partial charge >= 0.3 is 0 Å². The molecule has 0 bridgehead atoms. The Morgan fingerprint density at radius 3 is 2.53 bits per heavy atom. The molecule has 0 heterocycles. The second-order valence-corrected chi connectivity index (χ2v) is 3.56. The molecule has 0 aliphatic carbocycles. The summed E-state index contributed by atoms with van der Waals surface area (Å²) in [5.41, 5.74) is 0.633. The van der Waals surface area contributed by atoms with Crippen molar-refractivity contribution >= 4 is 0 Å². The first-order chi connectivity index (χ1) is 8.13. The molecule has 2 nitrogen and oxygen atoms in total. The van der Waals surface area contributed by atoms with E-state index in [0.717, 1.165) is 12.1 Å². The van der Waals surface area contributed by atoms with Crippen molar-refractivity contribution in [1.29, 1.82) is 0 Å². The summed E-state index contributed by atoms with van der Waals surface area (Å²) in [5, 5.41) is 9.16. The van der Waals surface area contributed by atoms with Crippen LogP contribution in [0.1, 0.15) is 5.56 Å². The lowest BCUT2D eigenvalue weighted by atomic mass is 10.2. The van der Waals surface area contributed by atoms with Gasteiger partial charge in [-0.25, -0.2) is 8.78 Å². The van der Waals surface area contributed by atoms with Crippen LogP contribution in [-0.4, -0.2) is 5.11 Å². The minimum Gasteiger partial charge on any atom is -0.508 e. The van der Waals surface area contributed by atoms with E-state index in [1.54, 1.807) is 12.1 Å². The number of hydrogen-bond acceptors (Lipinski definition) is 2. The summed E-state index contributed by atoms with van der Waals surface area (Å²) in [6, 6.07) is 9.35. The fraction of sp³-hybridized carbons (Fsp3) is 0.0769. The van der Waals surface area contributed by atoms with Crippen molar-refractivity contribution in [3.05, 3.63) is 59.7 Å². The van der Waals surface area contributed by atoms with Gasteiger partial charge in [-0.2, -0.15) is 0 Å². The summed E-state index contributed by atoms with van der Waals surface area (Å²) in [5.74, 6) is -0.946. The predicted molar refractivity (Wildman–Crippen MR) is 58.8 cm³/mol. The minimum absolute atomic E-state index is 0.112. The first-order valence-corrected chi connectivity index (χ1v) is 5.00. The molecule has 2 aromatic rings. The number of benzene rings is 2. The lowest BCUT2D eigenvalue weighted by molar-refractivity contribution is 0.302. The molecule has 4 heteroatoms. The van der Waals surface area contributed by atoms with Crippen molar-refractivity contribution in [1.82, 2.24) is 0 Å². The first kappa shape index (κ1) is 11.4. The highest BCUT2D eigenvalue weighted by molar-refractivity contribution is 5.33. The maximum Gasteiger partial charge on any atom is 0.130 e. The molecule has 0 aliphatic rings. The number of aromatic hydroxyl groups is 1. The van der Waals surface area contributed by atoms with Crippen LogP contribution in [0.5, 0.6) is 11.5 Å². The van der Waals surface area contributed by atoms with E-state index in [1.807, 2.05) is 0 Å². The molecule has 0 unspecified atom stereocenters. The number of hydrogen-bond donors (Lipinski definition) is 1. The van der Waals surface area contributed by atoms with Crippen LogP contribution in [-0.2, 0) is 6.61 Å². The summed E-state index contributed by atoms with van der Waals surface area (Å²) in [4.78, 5) is 0. The van der Waals surface area contributed by atoms with E-state index in [1.165, 1.54) is 18.2 Å². The quantitative estimate of drug-likeness (QED) is 0.886. The Hall–Kier alpha value is -2.10. The Morgan fingerprint density at radius 1 is 1.00 bits per heavy atom. The van der Waals surface area contributed by atoms with Gasteiger partial charge in [0.05, 0.1) is 0 Å². The number of phenolic OH excluding ortho intramolecular Hbond substituents is 1. The van der Waals surface area contributed by atoms with Crippen molar-refractivity contribution in [2.24, 2.45) is 0 Å². The highest BCUT2D eigenvalue weighted by atomic mass is 19.1. The van der Waals surface area contributed by atoms with E-state index < -0.39 is 5.82 Å². The largest absolute Gasteiger partial charge is 0.508 e. The van der Waals surface area contributed by atoms with Gasteiger partial charge in [0.2, 0.25) is 0 Å². The molecule has 2 aromatic carbocycles. The monoisotopic (exact) mass is 236 g/mol. The zero-order valence-electron chi connectivity index (χ0n) is 8.86. The third-order valence-electron chi connectivity index (χ3n) is 2.15. The van der Waals surface area contributed by atoms with Gasteiger partial charge in [0.25, 0.3) is 0 Å². The Morgan fingerprint density at radius 2 is 1.82 bits per heavy atom. The third-order valence-corrected chi connectivity index (χ3v) is 2.15. The van der Waals surface area contributed by atoms with Gasteiger partial charge in [0, 0.05) is 18.2 Å².